The van der Waals surface area contributed by atoms with E-state index in [-0.39, 0.29) is 11.9 Å². The van der Waals surface area contributed by atoms with Gasteiger partial charge in [0.05, 0.1) is 0 Å². The van der Waals surface area contributed by atoms with Gasteiger partial charge in [0.25, 0.3) is 0 Å². The van der Waals surface area contributed by atoms with Crippen LogP contribution >= 0.6 is 0 Å². The molecule has 1 amide bonds. The van der Waals surface area contributed by atoms with Crippen molar-refractivity contribution in [3.05, 3.63) is 5.82 Å². The van der Waals surface area contributed by atoms with Gasteiger partial charge in [0, 0.05) is 6.42 Å². The summed E-state index contributed by atoms with van der Waals surface area (Å²) in [6.07, 6.45) is 4.52. The summed E-state index contributed by atoms with van der Waals surface area (Å²) < 4.78 is 4.82. The summed E-state index contributed by atoms with van der Waals surface area (Å²) >= 11 is 0. The Hall–Kier alpha value is -1.43. The number of carbonyl (C=O) groups is 1. The molecule has 1 aromatic heterocycles. The highest BCUT2D eigenvalue weighted by molar-refractivity contribution is 5.88. The molecule has 0 aliphatic heterocycles. The Balaban J connectivity index is 2.30. The molecule has 1 atom stereocenters. The largest absolute Gasteiger partial charge is 0.330 e. The highest BCUT2D eigenvalue weighted by Crippen LogP contribution is 2.17. The zero-order valence-electron chi connectivity index (χ0n) is 11.1. The molecule has 1 heterocycles. The van der Waals surface area contributed by atoms with Crippen molar-refractivity contribution >= 4 is 11.9 Å². The first-order valence-electron chi connectivity index (χ1n) is 6.46. The van der Waals surface area contributed by atoms with Gasteiger partial charge in [0.2, 0.25) is 5.91 Å². The summed E-state index contributed by atoms with van der Waals surface area (Å²) in [4.78, 5) is 15.6. The van der Waals surface area contributed by atoms with Crippen LogP contribution < -0.4 is 11.1 Å². The van der Waals surface area contributed by atoms with Gasteiger partial charge in [-0.2, -0.15) is 4.98 Å². The van der Waals surface area contributed by atoms with E-state index >= 15 is 0 Å². The van der Waals surface area contributed by atoms with E-state index in [4.69, 9.17) is 10.3 Å². The van der Waals surface area contributed by atoms with Crippen molar-refractivity contribution in [1.82, 2.24) is 10.1 Å². The maximum absolute atomic E-state index is 11.7. The number of amides is 1. The van der Waals surface area contributed by atoms with Crippen LogP contribution in [-0.4, -0.2) is 22.6 Å². The van der Waals surface area contributed by atoms with E-state index in [2.05, 4.69) is 22.4 Å². The van der Waals surface area contributed by atoms with Gasteiger partial charge in [-0.1, -0.05) is 24.9 Å². The number of nitrogens with two attached hydrogens (primary N) is 1. The van der Waals surface area contributed by atoms with E-state index in [1.807, 2.05) is 0 Å². The minimum Gasteiger partial charge on any atom is -0.330 e. The fourth-order valence-corrected chi connectivity index (χ4v) is 1.94. The van der Waals surface area contributed by atoms with Crippen LogP contribution in [0.4, 0.5) is 6.01 Å². The average Bonchev–Trinajstić information content (AvgIpc) is 2.72. The van der Waals surface area contributed by atoms with Gasteiger partial charge in [0.15, 0.2) is 5.82 Å². The lowest BCUT2D eigenvalue weighted by Crippen LogP contribution is -2.15. The lowest BCUT2D eigenvalue weighted by Gasteiger charge is -2.13. The van der Waals surface area contributed by atoms with Crippen molar-refractivity contribution in [3.63, 3.8) is 0 Å². The Bertz CT molecular complexity index is 359. The molecule has 0 aliphatic carbocycles. The second-order valence-corrected chi connectivity index (χ2v) is 4.47. The molecule has 102 valence electrons. The first-order valence-corrected chi connectivity index (χ1v) is 6.46. The van der Waals surface area contributed by atoms with E-state index in [1.165, 1.54) is 0 Å². The highest BCUT2D eigenvalue weighted by atomic mass is 16.5. The van der Waals surface area contributed by atoms with Gasteiger partial charge in [-0.15, -0.1) is 0 Å². The fourth-order valence-electron chi connectivity index (χ4n) is 1.94. The smallest absolute Gasteiger partial charge is 0.328 e. The predicted molar refractivity (Wildman–Crippen MR) is 69.0 cm³/mol. The Kier molecular flexibility index (Phi) is 6.35. The summed E-state index contributed by atoms with van der Waals surface area (Å²) in [7, 11) is 0. The molecule has 0 aromatic carbocycles. The van der Waals surface area contributed by atoms with Crippen LogP contribution in [-0.2, 0) is 4.79 Å². The number of aryl methyl sites for hydroxylation is 1. The summed E-state index contributed by atoms with van der Waals surface area (Å²) in [6.45, 7) is 4.53. The lowest BCUT2D eigenvalue weighted by molar-refractivity contribution is -0.116. The van der Waals surface area contributed by atoms with Crippen LogP contribution in [0.3, 0.4) is 0 Å². The molecular weight excluding hydrogens is 232 g/mol. The number of nitrogens with zero attached hydrogens (tertiary/aromatic N) is 2. The van der Waals surface area contributed by atoms with Crippen molar-refractivity contribution in [2.24, 2.45) is 11.7 Å². The first-order chi connectivity index (χ1) is 8.65. The molecule has 0 fully saturated rings. The van der Waals surface area contributed by atoms with Crippen LogP contribution in [0.25, 0.3) is 0 Å². The Labute approximate surface area is 107 Å². The van der Waals surface area contributed by atoms with Gasteiger partial charge in [-0.3, -0.25) is 10.1 Å². The number of rotatable bonds is 8. The van der Waals surface area contributed by atoms with Gasteiger partial charge < -0.3 is 10.3 Å². The minimum atomic E-state index is -0.0863. The van der Waals surface area contributed by atoms with E-state index in [9.17, 15) is 4.79 Å². The van der Waals surface area contributed by atoms with Crippen molar-refractivity contribution < 1.29 is 9.32 Å². The predicted octanol–water partition coefficient (Wildman–Crippen LogP) is 1.86. The Morgan fingerprint density at radius 2 is 2.22 bits per heavy atom. The Morgan fingerprint density at radius 3 is 2.78 bits per heavy atom. The third kappa shape index (κ3) is 5.27. The molecule has 1 aromatic rings. The van der Waals surface area contributed by atoms with Gasteiger partial charge in [0.1, 0.15) is 0 Å². The standard InChI is InChI=1S/C12H22N4O2/c1-3-4-10(7-8-13)5-6-11(17)15-12-14-9(2)16-18-12/h10H,3-8,13H2,1-2H3,(H,14,15,16,17). The third-order valence-electron chi connectivity index (χ3n) is 2.83. The number of hydrogen-bond acceptors (Lipinski definition) is 5. The van der Waals surface area contributed by atoms with Crippen molar-refractivity contribution in [3.8, 4) is 0 Å². The highest BCUT2D eigenvalue weighted by Gasteiger charge is 2.12. The van der Waals surface area contributed by atoms with Gasteiger partial charge in [-0.05, 0) is 32.2 Å². The van der Waals surface area contributed by atoms with Crippen molar-refractivity contribution in [2.75, 3.05) is 11.9 Å². The van der Waals surface area contributed by atoms with Crippen LogP contribution in [0.2, 0.25) is 0 Å². The number of carbonyl (C=O) groups excluding carboxylic acids is 1. The topological polar surface area (TPSA) is 94.0 Å². The lowest BCUT2D eigenvalue weighted by atomic mass is 9.94. The van der Waals surface area contributed by atoms with Crippen LogP contribution in [0.1, 0.15) is 44.9 Å². The van der Waals surface area contributed by atoms with Crippen molar-refractivity contribution in [1.29, 1.82) is 0 Å². The summed E-state index contributed by atoms with van der Waals surface area (Å²) in [5.74, 6) is 0.948. The average molecular weight is 254 g/mol. The molecular formula is C12H22N4O2. The molecule has 6 nitrogen and oxygen atoms in total. The molecule has 1 rings (SSSR count). The Morgan fingerprint density at radius 1 is 1.44 bits per heavy atom. The summed E-state index contributed by atoms with van der Waals surface area (Å²) in [5, 5.41) is 6.20. The van der Waals surface area contributed by atoms with E-state index in [0.29, 0.717) is 24.7 Å². The molecule has 6 heteroatoms. The monoisotopic (exact) mass is 254 g/mol. The molecule has 0 bridgehead atoms. The van der Waals surface area contributed by atoms with Gasteiger partial charge >= 0.3 is 6.01 Å². The maximum atomic E-state index is 11.7. The van der Waals surface area contributed by atoms with Crippen molar-refractivity contribution in [2.45, 2.75) is 46.0 Å². The van der Waals surface area contributed by atoms with Crippen LogP contribution in [0.15, 0.2) is 4.52 Å². The molecule has 0 spiro atoms. The van der Waals surface area contributed by atoms with Gasteiger partial charge in [-0.25, -0.2) is 0 Å². The second kappa shape index (κ2) is 7.81. The quantitative estimate of drug-likeness (QED) is 0.738. The second-order valence-electron chi connectivity index (χ2n) is 4.47. The van der Waals surface area contributed by atoms with E-state index in [0.717, 1.165) is 25.7 Å². The number of aromatic nitrogens is 2. The minimum absolute atomic E-state index is 0.0863. The SMILES string of the molecule is CCCC(CCN)CCC(=O)Nc1nc(C)no1. The summed E-state index contributed by atoms with van der Waals surface area (Å²) in [5.41, 5.74) is 5.56. The molecule has 0 radical (unpaired) electrons. The molecule has 0 saturated carbocycles. The summed E-state index contributed by atoms with van der Waals surface area (Å²) in [6, 6.07) is 0.170. The maximum Gasteiger partial charge on any atom is 0.328 e. The zero-order chi connectivity index (χ0) is 13.4. The number of hydrogen-bond donors (Lipinski definition) is 2. The van der Waals surface area contributed by atoms with E-state index in [1.54, 1.807) is 6.92 Å². The van der Waals surface area contributed by atoms with Crippen LogP contribution in [0, 0.1) is 12.8 Å². The molecule has 18 heavy (non-hydrogen) atoms. The number of anilines is 1. The van der Waals surface area contributed by atoms with Crippen LogP contribution in [0.5, 0.6) is 0 Å². The molecule has 0 aliphatic rings. The molecule has 3 N–H and O–H groups in total. The first kappa shape index (κ1) is 14.6. The third-order valence-corrected chi connectivity index (χ3v) is 2.83. The number of nitrogens with one attached hydrogen (secondary N) is 1. The normalized spacial score (nSPS) is 12.4. The van der Waals surface area contributed by atoms with E-state index < -0.39 is 0 Å². The molecule has 1 unspecified atom stereocenters. The zero-order valence-corrected chi connectivity index (χ0v) is 11.1. The fraction of sp³-hybridized carbons (Fsp3) is 0.750. The molecule has 0 saturated heterocycles.